The van der Waals surface area contributed by atoms with Gasteiger partial charge in [-0.25, -0.2) is 13.6 Å². The molecule has 4 heteroatoms. The second-order valence-electron chi connectivity index (χ2n) is 3.13. The fraction of sp³-hybridized carbons (Fsp3) is 0. The standard InChI is InChI=1S/C12H6F2N2/c1-15-8-2-3-11(13)9(6-8)10-7-16-5-4-12(10)14/h2-7H. The first-order valence-electron chi connectivity index (χ1n) is 4.49. The summed E-state index contributed by atoms with van der Waals surface area (Å²) in [6, 6.07) is 4.96. The molecule has 0 aliphatic heterocycles. The second kappa shape index (κ2) is 4.07. The molecule has 0 aliphatic rings. The first kappa shape index (κ1) is 10.2. The van der Waals surface area contributed by atoms with Gasteiger partial charge in [-0.3, -0.25) is 4.98 Å². The van der Waals surface area contributed by atoms with Gasteiger partial charge in [0.1, 0.15) is 11.6 Å². The van der Waals surface area contributed by atoms with Gasteiger partial charge in [0.2, 0.25) is 0 Å². The molecule has 2 rings (SSSR count). The van der Waals surface area contributed by atoms with Crippen LogP contribution in [0.2, 0.25) is 0 Å². The highest BCUT2D eigenvalue weighted by molar-refractivity contribution is 5.68. The number of halogens is 2. The average Bonchev–Trinajstić information content (AvgIpc) is 2.31. The highest BCUT2D eigenvalue weighted by atomic mass is 19.1. The molecule has 2 aromatic rings. The normalized spacial score (nSPS) is 9.81. The molecule has 1 aromatic carbocycles. The Labute approximate surface area is 91.0 Å². The van der Waals surface area contributed by atoms with Crippen molar-refractivity contribution < 1.29 is 8.78 Å². The summed E-state index contributed by atoms with van der Waals surface area (Å²) in [5.41, 5.74) is 0.379. The third kappa shape index (κ3) is 1.75. The minimum absolute atomic E-state index is 0.0547. The molecule has 0 fully saturated rings. The fourth-order valence-corrected chi connectivity index (χ4v) is 1.36. The monoisotopic (exact) mass is 216 g/mol. The zero-order chi connectivity index (χ0) is 11.5. The predicted molar refractivity (Wildman–Crippen MR) is 55.9 cm³/mol. The zero-order valence-corrected chi connectivity index (χ0v) is 8.11. The summed E-state index contributed by atoms with van der Waals surface area (Å²) in [7, 11) is 0. The number of rotatable bonds is 1. The number of aromatic nitrogens is 1. The van der Waals surface area contributed by atoms with E-state index in [-0.39, 0.29) is 16.8 Å². The number of nitrogens with zero attached hydrogens (tertiary/aromatic N) is 2. The Bertz CT molecular complexity index is 573. The van der Waals surface area contributed by atoms with Crippen molar-refractivity contribution in [1.29, 1.82) is 0 Å². The zero-order valence-electron chi connectivity index (χ0n) is 8.11. The molecule has 16 heavy (non-hydrogen) atoms. The van der Waals surface area contributed by atoms with E-state index in [9.17, 15) is 8.78 Å². The maximum absolute atomic E-state index is 13.5. The van der Waals surface area contributed by atoms with E-state index in [1.165, 1.54) is 24.5 Å². The van der Waals surface area contributed by atoms with Gasteiger partial charge in [0, 0.05) is 23.5 Å². The van der Waals surface area contributed by atoms with Crippen molar-refractivity contribution in [3.8, 4) is 11.1 Å². The van der Waals surface area contributed by atoms with Crippen LogP contribution >= 0.6 is 0 Å². The topological polar surface area (TPSA) is 17.2 Å². The SMILES string of the molecule is [C-]#[N+]c1ccc(F)c(-c2cnccc2F)c1. The summed E-state index contributed by atoms with van der Waals surface area (Å²) in [5.74, 6) is -1.13. The van der Waals surface area contributed by atoms with Crippen molar-refractivity contribution in [3.63, 3.8) is 0 Å². The van der Waals surface area contributed by atoms with Crippen molar-refractivity contribution >= 4 is 5.69 Å². The van der Waals surface area contributed by atoms with E-state index in [0.717, 1.165) is 12.1 Å². The lowest BCUT2D eigenvalue weighted by atomic mass is 10.1. The van der Waals surface area contributed by atoms with Crippen LogP contribution in [0.3, 0.4) is 0 Å². The Morgan fingerprint density at radius 2 is 1.81 bits per heavy atom. The van der Waals surface area contributed by atoms with Crippen LogP contribution in [0.1, 0.15) is 0 Å². The molecule has 0 bridgehead atoms. The van der Waals surface area contributed by atoms with Crippen molar-refractivity contribution in [3.05, 3.63) is 59.7 Å². The van der Waals surface area contributed by atoms with Crippen molar-refractivity contribution in [2.75, 3.05) is 0 Å². The van der Waals surface area contributed by atoms with Crippen LogP contribution in [-0.2, 0) is 0 Å². The molecule has 78 valence electrons. The molecular formula is C12H6F2N2. The van der Waals surface area contributed by atoms with Crippen molar-refractivity contribution in [1.82, 2.24) is 4.98 Å². The van der Waals surface area contributed by atoms with Crippen LogP contribution in [0.15, 0.2) is 36.7 Å². The highest BCUT2D eigenvalue weighted by Crippen LogP contribution is 2.28. The molecule has 0 radical (unpaired) electrons. The second-order valence-corrected chi connectivity index (χ2v) is 3.13. The fourth-order valence-electron chi connectivity index (χ4n) is 1.36. The Hall–Kier alpha value is -2.28. The number of hydrogen-bond donors (Lipinski definition) is 0. The van der Waals surface area contributed by atoms with Crippen LogP contribution < -0.4 is 0 Å². The van der Waals surface area contributed by atoms with E-state index < -0.39 is 11.6 Å². The van der Waals surface area contributed by atoms with Crippen LogP contribution in [0.5, 0.6) is 0 Å². The summed E-state index contributed by atoms with van der Waals surface area (Å²) in [6.07, 6.45) is 2.52. The molecule has 0 spiro atoms. The van der Waals surface area contributed by atoms with Crippen LogP contribution in [0.25, 0.3) is 16.0 Å². The summed E-state index contributed by atoms with van der Waals surface area (Å²) in [4.78, 5) is 6.90. The van der Waals surface area contributed by atoms with Gasteiger partial charge in [-0.2, -0.15) is 0 Å². The third-order valence-electron chi connectivity index (χ3n) is 2.14. The van der Waals surface area contributed by atoms with E-state index in [0.29, 0.717) is 0 Å². The van der Waals surface area contributed by atoms with Gasteiger partial charge in [0.05, 0.1) is 6.57 Å². The summed E-state index contributed by atoms with van der Waals surface area (Å²) < 4.78 is 26.9. The van der Waals surface area contributed by atoms with Gasteiger partial charge in [-0.05, 0) is 18.2 Å². The lowest BCUT2D eigenvalue weighted by Crippen LogP contribution is -1.89. The van der Waals surface area contributed by atoms with E-state index >= 15 is 0 Å². The molecule has 2 nitrogen and oxygen atoms in total. The molecular weight excluding hydrogens is 210 g/mol. The summed E-state index contributed by atoms with van der Waals surface area (Å²) in [5, 5.41) is 0. The van der Waals surface area contributed by atoms with E-state index in [1.807, 2.05) is 0 Å². The maximum Gasteiger partial charge on any atom is 0.188 e. The molecule has 0 aliphatic carbocycles. The largest absolute Gasteiger partial charge is 0.264 e. The van der Waals surface area contributed by atoms with Gasteiger partial charge < -0.3 is 0 Å². The first-order valence-corrected chi connectivity index (χ1v) is 4.49. The summed E-state index contributed by atoms with van der Waals surface area (Å²) in [6.45, 7) is 6.82. The Balaban J connectivity index is 2.65. The Morgan fingerprint density at radius 1 is 1.06 bits per heavy atom. The average molecular weight is 216 g/mol. The van der Waals surface area contributed by atoms with E-state index in [2.05, 4.69) is 9.83 Å². The molecule has 1 aromatic heterocycles. The maximum atomic E-state index is 13.5. The quantitative estimate of drug-likeness (QED) is 0.666. The highest BCUT2D eigenvalue weighted by Gasteiger charge is 2.10. The molecule has 0 N–H and O–H groups in total. The smallest absolute Gasteiger partial charge is 0.188 e. The van der Waals surface area contributed by atoms with Gasteiger partial charge in [0.15, 0.2) is 5.69 Å². The molecule has 1 heterocycles. The number of hydrogen-bond acceptors (Lipinski definition) is 1. The van der Waals surface area contributed by atoms with Crippen LogP contribution in [-0.4, -0.2) is 4.98 Å². The third-order valence-corrected chi connectivity index (χ3v) is 2.14. The predicted octanol–water partition coefficient (Wildman–Crippen LogP) is 3.58. The van der Waals surface area contributed by atoms with Gasteiger partial charge in [-0.1, -0.05) is 6.07 Å². The first-order chi connectivity index (χ1) is 7.72. The molecule has 0 saturated heterocycles. The lowest BCUT2D eigenvalue weighted by molar-refractivity contribution is 0.615. The van der Waals surface area contributed by atoms with Crippen LogP contribution in [0.4, 0.5) is 14.5 Å². The minimum Gasteiger partial charge on any atom is -0.264 e. The van der Waals surface area contributed by atoms with Gasteiger partial charge in [-0.15, -0.1) is 0 Å². The molecule has 0 atom stereocenters. The van der Waals surface area contributed by atoms with E-state index in [4.69, 9.17) is 6.57 Å². The van der Waals surface area contributed by atoms with Gasteiger partial charge >= 0.3 is 0 Å². The lowest BCUT2D eigenvalue weighted by Gasteiger charge is -2.04. The number of benzene rings is 1. The van der Waals surface area contributed by atoms with Crippen LogP contribution in [0, 0.1) is 18.2 Å². The van der Waals surface area contributed by atoms with Crippen molar-refractivity contribution in [2.24, 2.45) is 0 Å². The Kier molecular flexibility index (Phi) is 2.61. The molecule has 0 unspecified atom stereocenters. The van der Waals surface area contributed by atoms with Crippen molar-refractivity contribution in [2.45, 2.75) is 0 Å². The van der Waals surface area contributed by atoms with E-state index in [1.54, 1.807) is 0 Å². The number of pyridine rings is 1. The Morgan fingerprint density at radius 3 is 2.50 bits per heavy atom. The minimum atomic E-state index is -0.570. The molecule has 0 amide bonds. The molecule has 0 saturated carbocycles. The summed E-state index contributed by atoms with van der Waals surface area (Å²) >= 11 is 0. The van der Waals surface area contributed by atoms with Gasteiger partial charge in [0.25, 0.3) is 0 Å².